The summed E-state index contributed by atoms with van der Waals surface area (Å²) in [5.74, 6) is 0.143. The number of carbonyl (C=O) groups excluding carboxylic acids is 3. The number of nitrogens with one attached hydrogen (secondary N) is 1. The van der Waals surface area contributed by atoms with E-state index in [0.29, 0.717) is 12.1 Å². The monoisotopic (exact) mass is 632 g/mol. The predicted octanol–water partition coefficient (Wildman–Crippen LogP) is 8.45. The molecule has 0 unspecified atom stereocenters. The predicted molar refractivity (Wildman–Crippen MR) is 177 cm³/mol. The number of nitrogens with zero attached hydrogens (tertiary/aromatic N) is 1. The summed E-state index contributed by atoms with van der Waals surface area (Å²) in [4.78, 5) is 51.4. The molecular weight excluding hydrogens is 580 g/mol. The highest BCUT2D eigenvalue weighted by atomic mass is 16.6. The van der Waals surface area contributed by atoms with Crippen molar-refractivity contribution in [3.63, 3.8) is 0 Å². The van der Waals surface area contributed by atoms with E-state index in [-0.39, 0.29) is 74.3 Å². The van der Waals surface area contributed by atoms with Crippen molar-refractivity contribution < 1.29 is 24.0 Å². The molecule has 8 nitrogen and oxygen atoms in total. The lowest BCUT2D eigenvalue weighted by atomic mass is 9.33. The van der Waals surface area contributed by atoms with Crippen LogP contribution in [0.1, 0.15) is 113 Å². The van der Waals surface area contributed by atoms with Crippen LogP contribution < -0.4 is 5.32 Å². The van der Waals surface area contributed by atoms with Crippen LogP contribution >= 0.6 is 0 Å². The Morgan fingerprint density at radius 3 is 2.33 bits per heavy atom. The number of amides is 1. The number of non-ortho nitro benzene ring substituents is 1. The first-order valence-corrected chi connectivity index (χ1v) is 17.3. The zero-order chi connectivity index (χ0) is 33.7. The lowest BCUT2D eigenvalue weighted by Crippen LogP contribution is -2.66. The number of fused-ring (bicyclic) bond motifs is 7. The number of allylic oxidation sites excluding steroid dienone is 2. The molecule has 0 spiro atoms. The van der Waals surface area contributed by atoms with Crippen LogP contribution in [-0.4, -0.2) is 28.7 Å². The van der Waals surface area contributed by atoms with E-state index in [2.05, 4.69) is 46.9 Å². The number of hydrogen-bond donors (Lipinski definition) is 1. The van der Waals surface area contributed by atoms with E-state index >= 15 is 0 Å². The van der Waals surface area contributed by atoms with Gasteiger partial charge in [-0.3, -0.25) is 24.5 Å². The standard InChI is InChI=1S/C38H52N2O6/c1-23(41)46-30-13-14-36(6)29(33(30,2)3)12-15-38(8)31(36)28(42)21-26-27-22-35(5,17-16-34(27,4)18-19-37(26,38)7)32(43)39-24-10-9-11-25(20-24)40(44)45/h9-11,20-21,27,29-31H,12-19,22H2,1-8H3,(H,39,43)/t27-,29+,30+,31+,34-,35+,36+,37+,38+/m0/s1. The van der Waals surface area contributed by atoms with Crippen LogP contribution in [0.2, 0.25) is 0 Å². The third-order valence-corrected chi connectivity index (χ3v) is 14.7. The van der Waals surface area contributed by atoms with Crippen LogP contribution in [0.15, 0.2) is 35.9 Å². The summed E-state index contributed by atoms with van der Waals surface area (Å²) in [6, 6.07) is 6.12. The average Bonchev–Trinajstić information content (AvgIpc) is 2.96. The van der Waals surface area contributed by atoms with E-state index in [0.717, 1.165) is 51.4 Å². The quantitative estimate of drug-likeness (QED) is 0.202. The topological polar surface area (TPSA) is 116 Å². The molecule has 4 fully saturated rings. The van der Waals surface area contributed by atoms with E-state index in [1.165, 1.54) is 24.6 Å². The van der Waals surface area contributed by atoms with Gasteiger partial charge in [-0.1, -0.05) is 60.1 Å². The van der Waals surface area contributed by atoms with Gasteiger partial charge in [0.1, 0.15) is 6.10 Å². The van der Waals surface area contributed by atoms with Crippen LogP contribution in [0.3, 0.4) is 0 Å². The Balaban J connectivity index is 1.33. The fraction of sp³-hybridized carbons (Fsp3) is 0.711. The van der Waals surface area contributed by atoms with Crippen molar-refractivity contribution >= 4 is 29.0 Å². The van der Waals surface area contributed by atoms with E-state index in [4.69, 9.17) is 4.74 Å². The van der Waals surface area contributed by atoms with E-state index < -0.39 is 10.3 Å². The van der Waals surface area contributed by atoms with Gasteiger partial charge in [-0.05, 0) is 103 Å². The fourth-order valence-electron chi connectivity index (χ4n) is 11.8. The smallest absolute Gasteiger partial charge is 0.302 e. The second kappa shape index (κ2) is 10.5. The van der Waals surface area contributed by atoms with Crippen LogP contribution in [0.4, 0.5) is 11.4 Å². The van der Waals surface area contributed by atoms with Gasteiger partial charge in [0.25, 0.3) is 5.69 Å². The summed E-state index contributed by atoms with van der Waals surface area (Å²) >= 11 is 0. The van der Waals surface area contributed by atoms with Gasteiger partial charge in [-0.2, -0.15) is 0 Å². The molecule has 5 aliphatic rings. The first kappa shape index (κ1) is 32.9. The minimum Gasteiger partial charge on any atom is -0.462 e. The highest BCUT2D eigenvalue weighted by molar-refractivity contribution is 5.97. The van der Waals surface area contributed by atoms with Crippen LogP contribution in [0.5, 0.6) is 0 Å². The summed E-state index contributed by atoms with van der Waals surface area (Å²) in [7, 11) is 0. The van der Waals surface area contributed by atoms with Crippen molar-refractivity contribution in [2.75, 3.05) is 5.32 Å². The number of esters is 1. The van der Waals surface area contributed by atoms with Gasteiger partial charge in [0.05, 0.1) is 4.92 Å². The first-order chi connectivity index (χ1) is 21.3. The van der Waals surface area contributed by atoms with Gasteiger partial charge in [0, 0.05) is 41.5 Å². The maximum absolute atomic E-state index is 14.7. The number of anilines is 1. The van der Waals surface area contributed by atoms with Gasteiger partial charge < -0.3 is 10.1 Å². The molecule has 6 rings (SSSR count). The van der Waals surface area contributed by atoms with Gasteiger partial charge >= 0.3 is 5.97 Å². The summed E-state index contributed by atoms with van der Waals surface area (Å²) in [6.07, 6.45) is 9.82. The first-order valence-electron chi connectivity index (χ1n) is 17.3. The number of ether oxygens (including phenoxy) is 1. The largest absolute Gasteiger partial charge is 0.462 e. The second-order valence-electron chi connectivity index (χ2n) is 17.5. The van der Waals surface area contributed by atoms with Crippen LogP contribution in [-0.2, 0) is 19.1 Å². The molecule has 0 heterocycles. The molecular formula is C38H52N2O6. The molecule has 0 aliphatic heterocycles. The van der Waals surface area contributed by atoms with Gasteiger partial charge in [0.15, 0.2) is 5.78 Å². The molecule has 8 heteroatoms. The maximum atomic E-state index is 14.7. The van der Waals surface area contributed by atoms with E-state index in [1.54, 1.807) is 12.1 Å². The van der Waals surface area contributed by atoms with Crippen LogP contribution in [0, 0.1) is 60.4 Å². The molecule has 1 aromatic carbocycles. The van der Waals surface area contributed by atoms with Crippen molar-refractivity contribution in [2.24, 2.45) is 50.2 Å². The molecule has 250 valence electrons. The Kier molecular flexibility index (Phi) is 7.50. The molecule has 0 saturated heterocycles. The van der Waals surface area contributed by atoms with Crippen molar-refractivity contribution in [2.45, 2.75) is 119 Å². The van der Waals surface area contributed by atoms with Crippen molar-refractivity contribution in [3.05, 3.63) is 46.0 Å². The van der Waals surface area contributed by atoms with E-state index in [9.17, 15) is 24.5 Å². The molecule has 1 aromatic rings. The Labute approximate surface area is 273 Å². The Bertz CT molecular complexity index is 1530. The fourth-order valence-corrected chi connectivity index (χ4v) is 11.8. The van der Waals surface area contributed by atoms with Crippen molar-refractivity contribution in [3.8, 4) is 0 Å². The number of nitro groups is 1. The van der Waals surface area contributed by atoms with Crippen molar-refractivity contribution in [1.82, 2.24) is 0 Å². The summed E-state index contributed by atoms with van der Waals surface area (Å²) < 4.78 is 5.86. The summed E-state index contributed by atoms with van der Waals surface area (Å²) in [5.41, 5.74) is 0.142. The Morgan fingerprint density at radius 2 is 1.65 bits per heavy atom. The molecule has 1 amide bonds. The minimum absolute atomic E-state index is 0.00528. The molecule has 4 saturated carbocycles. The zero-order valence-corrected chi connectivity index (χ0v) is 29.0. The number of ketones is 1. The number of rotatable bonds is 4. The average molecular weight is 633 g/mol. The lowest BCUT2D eigenvalue weighted by Gasteiger charge is -2.70. The normalized spacial score (nSPS) is 42.7. The molecule has 5 aliphatic carbocycles. The highest BCUT2D eigenvalue weighted by Crippen LogP contribution is 2.75. The Morgan fingerprint density at radius 1 is 0.957 bits per heavy atom. The molecule has 0 bridgehead atoms. The zero-order valence-electron chi connectivity index (χ0n) is 29.0. The second-order valence-corrected chi connectivity index (χ2v) is 17.5. The van der Waals surface area contributed by atoms with Gasteiger partial charge in [-0.15, -0.1) is 0 Å². The number of carbonyl (C=O) groups is 3. The minimum atomic E-state index is -0.669. The highest BCUT2D eigenvalue weighted by Gasteiger charge is 2.70. The molecule has 9 atom stereocenters. The third-order valence-electron chi connectivity index (χ3n) is 14.7. The lowest BCUT2D eigenvalue weighted by molar-refractivity contribution is -0.384. The number of benzene rings is 1. The number of nitro benzene ring substituents is 1. The molecule has 0 aromatic heterocycles. The molecule has 46 heavy (non-hydrogen) atoms. The van der Waals surface area contributed by atoms with E-state index in [1.807, 2.05) is 13.0 Å². The third kappa shape index (κ3) is 4.62. The Hall–Kier alpha value is -3.03. The van der Waals surface area contributed by atoms with Gasteiger partial charge in [-0.25, -0.2) is 0 Å². The number of hydrogen-bond acceptors (Lipinski definition) is 6. The summed E-state index contributed by atoms with van der Waals surface area (Å²) in [5, 5.41) is 14.3. The summed E-state index contributed by atoms with van der Waals surface area (Å²) in [6.45, 7) is 17.5. The van der Waals surface area contributed by atoms with Crippen molar-refractivity contribution in [1.29, 1.82) is 0 Å². The molecule has 1 N–H and O–H groups in total. The van der Waals surface area contributed by atoms with Crippen LogP contribution in [0.25, 0.3) is 0 Å². The molecule has 0 radical (unpaired) electrons. The maximum Gasteiger partial charge on any atom is 0.302 e. The van der Waals surface area contributed by atoms with Gasteiger partial charge in [0.2, 0.25) is 5.91 Å². The SMILES string of the molecule is CC(=O)O[C@@H]1CC[C@]2(C)[C@H](CC[C@]3(C)[C@@H]2C(=O)C=C2[C@@H]4C[C@](C)(C(=O)Nc5cccc([N+](=O)[O-])c5)CC[C@@]4(C)CC[C@]23C)C1(C)C.